The van der Waals surface area contributed by atoms with Crippen LogP contribution in [0.4, 0.5) is 0 Å². The predicted molar refractivity (Wildman–Crippen MR) is 42.3 cm³/mol. The topological polar surface area (TPSA) is 38.7 Å². The molecule has 1 unspecified atom stereocenters. The molecule has 0 bridgehead atoms. The van der Waals surface area contributed by atoms with Crippen LogP contribution in [0.15, 0.2) is 18.2 Å². The summed E-state index contributed by atoms with van der Waals surface area (Å²) in [5, 5.41) is 8.80. The maximum atomic E-state index is 8.80. The largest absolute Gasteiger partial charge is 0.486 e. The van der Waals surface area contributed by atoms with E-state index < -0.39 is 0 Å². The van der Waals surface area contributed by atoms with Gasteiger partial charge in [0.15, 0.2) is 17.6 Å². The standard InChI is InChI=1S/C9H9O3/c10-5-7-6-11-8-3-1-2-4-9(8)12-7/h1,3-4,7,10H,5-6H2. The number of benzene rings is 1. The molecule has 3 heteroatoms. The Kier molecular flexibility index (Phi) is 1.87. The number of aliphatic hydroxyl groups is 1. The Hall–Kier alpha value is -1.22. The van der Waals surface area contributed by atoms with Crippen LogP contribution in [0.1, 0.15) is 0 Å². The van der Waals surface area contributed by atoms with Gasteiger partial charge >= 0.3 is 0 Å². The van der Waals surface area contributed by atoms with E-state index in [9.17, 15) is 0 Å². The average molecular weight is 165 g/mol. The molecule has 3 nitrogen and oxygen atoms in total. The van der Waals surface area contributed by atoms with Crippen LogP contribution >= 0.6 is 0 Å². The van der Waals surface area contributed by atoms with E-state index >= 15 is 0 Å². The van der Waals surface area contributed by atoms with Crippen molar-refractivity contribution in [1.29, 1.82) is 0 Å². The summed E-state index contributed by atoms with van der Waals surface area (Å²) in [6.07, 6.45) is -0.242. The number of rotatable bonds is 1. The molecule has 1 aromatic rings. The molecule has 1 atom stereocenters. The lowest BCUT2D eigenvalue weighted by molar-refractivity contribution is 0.0456. The van der Waals surface area contributed by atoms with Crippen LogP contribution in [0.25, 0.3) is 0 Å². The van der Waals surface area contributed by atoms with Crippen LogP contribution in [-0.4, -0.2) is 24.4 Å². The number of ether oxygens (including phenoxy) is 2. The molecular formula is C9H9O3. The van der Waals surface area contributed by atoms with Crippen LogP contribution in [0, 0.1) is 6.07 Å². The third-order valence-electron chi connectivity index (χ3n) is 1.71. The maximum Gasteiger partial charge on any atom is 0.162 e. The summed E-state index contributed by atoms with van der Waals surface area (Å²) >= 11 is 0. The monoisotopic (exact) mass is 165 g/mol. The Balaban J connectivity index is 2.23. The molecule has 1 aliphatic heterocycles. The molecule has 0 saturated carbocycles. The molecule has 0 saturated heterocycles. The highest BCUT2D eigenvalue weighted by atomic mass is 16.6. The van der Waals surface area contributed by atoms with E-state index in [1.807, 2.05) is 0 Å². The summed E-state index contributed by atoms with van der Waals surface area (Å²) in [5.74, 6) is 1.38. The minimum absolute atomic E-state index is 0.0195. The summed E-state index contributed by atoms with van der Waals surface area (Å²) in [6, 6.07) is 8.14. The second-order valence-electron chi connectivity index (χ2n) is 2.61. The molecule has 12 heavy (non-hydrogen) atoms. The first-order valence-electron chi connectivity index (χ1n) is 3.80. The van der Waals surface area contributed by atoms with Gasteiger partial charge in [-0.25, -0.2) is 0 Å². The molecule has 1 aliphatic rings. The van der Waals surface area contributed by atoms with Gasteiger partial charge in [-0.05, 0) is 18.2 Å². The predicted octanol–water partition coefficient (Wildman–Crippen LogP) is 0.619. The zero-order valence-electron chi connectivity index (χ0n) is 6.49. The van der Waals surface area contributed by atoms with Gasteiger partial charge in [0.05, 0.1) is 6.61 Å². The maximum absolute atomic E-state index is 8.80. The molecule has 2 rings (SSSR count). The van der Waals surface area contributed by atoms with Crippen LogP contribution in [0.2, 0.25) is 0 Å². The van der Waals surface area contributed by atoms with Crippen molar-refractivity contribution in [2.75, 3.05) is 13.2 Å². The summed E-state index contributed by atoms with van der Waals surface area (Å²) in [7, 11) is 0. The number of aliphatic hydroxyl groups excluding tert-OH is 1. The minimum Gasteiger partial charge on any atom is -0.486 e. The normalized spacial score (nSPS) is 20.6. The highest BCUT2D eigenvalue weighted by Gasteiger charge is 2.18. The van der Waals surface area contributed by atoms with Crippen molar-refractivity contribution in [2.24, 2.45) is 0 Å². The van der Waals surface area contributed by atoms with Crippen LogP contribution in [0.3, 0.4) is 0 Å². The lowest BCUT2D eigenvalue weighted by atomic mass is 10.3. The first kappa shape index (κ1) is 7.43. The fraction of sp³-hybridized carbons (Fsp3) is 0.333. The quantitative estimate of drug-likeness (QED) is 0.663. The smallest absolute Gasteiger partial charge is 0.162 e. The van der Waals surface area contributed by atoms with E-state index in [1.54, 1.807) is 18.2 Å². The van der Waals surface area contributed by atoms with Crippen molar-refractivity contribution >= 4 is 0 Å². The molecule has 1 aromatic carbocycles. The summed E-state index contributed by atoms with van der Waals surface area (Å²) in [6.45, 7) is 0.391. The van der Waals surface area contributed by atoms with Crippen LogP contribution < -0.4 is 9.47 Å². The molecular weight excluding hydrogens is 156 g/mol. The van der Waals surface area contributed by atoms with Crippen molar-refractivity contribution < 1.29 is 14.6 Å². The molecule has 1 radical (unpaired) electrons. The van der Waals surface area contributed by atoms with Gasteiger partial charge in [-0.3, -0.25) is 0 Å². The van der Waals surface area contributed by atoms with Gasteiger partial charge in [0.2, 0.25) is 0 Å². The Bertz CT molecular complexity index is 272. The summed E-state index contributed by atoms with van der Waals surface area (Å²) in [4.78, 5) is 0. The van der Waals surface area contributed by atoms with E-state index in [2.05, 4.69) is 6.07 Å². The Morgan fingerprint density at radius 3 is 3.33 bits per heavy atom. The number of fused-ring (bicyclic) bond motifs is 1. The third kappa shape index (κ3) is 1.23. The molecule has 0 fully saturated rings. The molecule has 1 heterocycles. The second kappa shape index (κ2) is 3.03. The SMILES string of the molecule is OCC1COc2cc[c]cc2O1. The van der Waals surface area contributed by atoms with Gasteiger partial charge in [0, 0.05) is 0 Å². The average Bonchev–Trinajstić information content (AvgIpc) is 2.17. The van der Waals surface area contributed by atoms with E-state index in [-0.39, 0.29) is 12.7 Å². The zero-order chi connectivity index (χ0) is 8.39. The molecule has 0 aromatic heterocycles. The third-order valence-corrected chi connectivity index (χ3v) is 1.71. The lowest BCUT2D eigenvalue weighted by Gasteiger charge is -2.24. The van der Waals surface area contributed by atoms with E-state index in [4.69, 9.17) is 14.6 Å². The van der Waals surface area contributed by atoms with Gasteiger partial charge in [-0.1, -0.05) is 6.07 Å². The van der Waals surface area contributed by atoms with Crippen molar-refractivity contribution in [3.63, 3.8) is 0 Å². The highest BCUT2D eigenvalue weighted by Crippen LogP contribution is 2.30. The molecule has 63 valence electrons. The second-order valence-corrected chi connectivity index (χ2v) is 2.61. The fourth-order valence-corrected chi connectivity index (χ4v) is 1.10. The highest BCUT2D eigenvalue weighted by molar-refractivity contribution is 5.40. The Labute approximate surface area is 70.5 Å². The first-order chi connectivity index (χ1) is 5.90. The fourth-order valence-electron chi connectivity index (χ4n) is 1.10. The van der Waals surface area contributed by atoms with Crippen LogP contribution in [0.5, 0.6) is 11.5 Å². The summed E-state index contributed by atoms with van der Waals surface area (Å²) < 4.78 is 10.7. The number of hydrogen-bond donors (Lipinski definition) is 1. The Morgan fingerprint density at radius 1 is 1.58 bits per heavy atom. The van der Waals surface area contributed by atoms with Crippen molar-refractivity contribution in [3.05, 3.63) is 24.3 Å². The van der Waals surface area contributed by atoms with E-state index in [0.29, 0.717) is 12.4 Å². The van der Waals surface area contributed by atoms with Gasteiger partial charge in [-0.15, -0.1) is 0 Å². The van der Waals surface area contributed by atoms with Gasteiger partial charge in [-0.2, -0.15) is 0 Å². The molecule has 0 aliphatic carbocycles. The first-order valence-corrected chi connectivity index (χ1v) is 3.80. The minimum atomic E-state index is -0.242. The van der Waals surface area contributed by atoms with Gasteiger partial charge in [0.1, 0.15) is 6.61 Å². The van der Waals surface area contributed by atoms with Crippen molar-refractivity contribution in [2.45, 2.75) is 6.10 Å². The van der Waals surface area contributed by atoms with Gasteiger partial charge < -0.3 is 14.6 Å². The zero-order valence-corrected chi connectivity index (χ0v) is 6.49. The van der Waals surface area contributed by atoms with Gasteiger partial charge in [0.25, 0.3) is 0 Å². The van der Waals surface area contributed by atoms with E-state index in [0.717, 1.165) is 5.75 Å². The number of hydrogen-bond acceptors (Lipinski definition) is 3. The Morgan fingerprint density at radius 2 is 2.50 bits per heavy atom. The summed E-state index contributed by atoms with van der Waals surface area (Å²) in [5.41, 5.74) is 0. The van der Waals surface area contributed by atoms with Crippen molar-refractivity contribution in [1.82, 2.24) is 0 Å². The van der Waals surface area contributed by atoms with Crippen LogP contribution in [-0.2, 0) is 0 Å². The molecule has 0 spiro atoms. The molecule has 0 amide bonds. The lowest BCUT2D eigenvalue weighted by Crippen LogP contribution is -2.32. The van der Waals surface area contributed by atoms with Crippen molar-refractivity contribution in [3.8, 4) is 11.5 Å². The van der Waals surface area contributed by atoms with E-state index in [1.165, 1.54) is 0 Å². The molecule has 1 N–H and O–H groups in total.